The Morgan fingerprint density at radius 3 is 2.32 bits per heavy atom. The highest BCUT2D eigenvalue weighted by Crippen LogP contribution is 2.30. The predicted molar refractivity (Wildman–Crippen MR) is 131 cm³/mol. The van der Waals surface area contributed by atoms with Crippen molar-refractivity contribution in [2.45, 2.75) is 6.42 Å². The lowest BCUT2D eigenvalue weighted by molar-refractivity contribution is -0.136. The van der Waals surface area contributed by atoms with Gasteiger partial charge < -0.3 is 9.80 Å². The molecule has 0 aliphatic carbocycles. The first-order chi connectivity index (χ1) is 16.3. The fourth-order valence-corrected chi connectivity index (χ4v) is 6.67. The molecule has 2 aliphatic heterocycles. The first-order valence-corrected chi connectivity index (χ1v) is 13.5. The molecule has 2 amide bonds. The van der Waals surface area contributed by atoms with Gasteiger partial charge in [0.2, 0.25) is 5.91 Å². The van der Waals surface area contributed by atoms with Crippen LogP contribution in [0.1, 0.15) is 16.8 Å². The van der Waals surface area contributed by atoms with Crippen LogP contribution in [-0.2, 0) is 14.6 Å². The third-order valence-electron chi connectivity index (χ3n) is 6.56. The molecule has 0 saturated carbocycles. The standard InChI is InChI=1S/C25H24ClN3O4S/c26-21-7-3-1-6-19(21)23-15-20(18-5-2-4-8-22(18)27-23)25(31)29-12-10-28(11-13-29)24(30)17-9-14-34(32,33)16-17/h1-8,15,17H,9-14,16H2/t17-/m0/s1. The molecular weight excluding hydrogens is 474 g/mol. The highest BCUT2D eigenvalue weighted by atomic mass is 35.5. The van der Waals surface area contributed by atoms with E-state index in [1.807, 2.05) is 42.5 Å². The Labute approximate surface area is 203 Å². The van der Waals surface area contributed by atoms with E-state index in [4.69, 9.17) is 16.6 Å². The van der Waals surface area contributed by atoms with E-state index in [2.05, 4.69) is 0 Å². The van der Waals surface area contributed by atoms with E-state index in [0.29, 0.717) is 54.4 Å². The second-order valence-corrected chi connectivity index (χ2v) is 11.4. The zero-order chi connectivity index (χ0) is 23.9. The summed E-state index contributed by atoms with van der Waals surface area (Å²) in [6.45, 7) is 1.56. The number of fused-ring (bicyclic) bond motifs is 1. The molecule has 5 rings (SSSR count). The summed E-state index contributed by atoms with van der Waals surface area (Å²) in [5.41, 5.74) is 2.64. The van der Waals surface area contributed by atoms with Crippen molar-refractivity contribution in [1.29, 1.82) is 0 Å². The smallest absolute Gasteiger partial charge is 0.254 e. The van der Waals surface area contributed by atoms with Gasteiger partial charge in [-0.25, -0.2) is 13.4 Å². The van der Waals surface area contributed by atoms with E-state index >= 15 is 0 Å². The molecule has 0 radical (unpaired) electrons. The number of amides is 2. The maximum atomic E-state index is 13.6. The van der Waals surface area contributed by atoms with Crippen LogP contribution in [0.15, 0.2) is 54.6 Å². The minimum Gasteiger partial charge on any atom is -0.339 e. The van der Waals surface area contributed by atoms with E-state index in [0.717, 1.165) is 10.9 Å². The van der Waals surface area contributed by atoms with Crippen LogP contribution < -0.4 is 0 Å². The first kappa shape index (κ1) is 22.8. The van der Waals surface area contributed by atoms with Crippen molar-refractivity contribution in [2.75, 3.05) is 37.7 Å². The summed E-state index contributed by atoms with van der Waals surface area (Å²) in [6.07, 6.45) is 0.383. The maximum absolute atomic E-state index is 13.6. The molecule has 2 aliphatic rings. The number of hydrogen-bond acceptors (Lipinski definition) is 5. The summed E-state index contributed by atoms with van der Waals surface area (Å²) in [4.78, 5) is 34.5. The maximum Gasteiger partial charge on any atom is 0.254 e. The third kappa shape index (κ3) is 4.40. The van der Waals surface area contributed by atoms with Gasteiger partial charge in [-0.15, -0.1) is 0 Å². The highest BCUT2D eigenvalue weighted by molar-refractivity contribution is 7.91. The van der Waals surface area contributed by atoms with Gasteiger partial charge in [-0.05, 0) is 24.6 Å². The van der Waals surface area contributed by atoms with Crippen LogP contribution in [0.3, 0.4) is 0 Å². The summed E-state index contributed by atoms with van der Waals surface area (Å²) in [6, 6.07) is 16.7. The van der Waals surface area contributed by atoms with E-state index in [1.165, 1.54) is 0 Å². The molecule has 2 aromatic carbocycles. The number of rotatable bonds is 3. The fourth-order valence-electron chi connectivity index (χ4n) is 4.71. The number of sulfone groups is 1. The number of benzene rings is 2. The lowest BCUT2D eigenvalue weighted by Crippen LogP contribution is -2.52. The molecule has 2 saturated heterocycles. The van der Waals surface area contributed by atoms with Gasteiger partial charge in [0, 0.05) is 42.2 Å². The molecule has 3 aromatic rings. The molecule has 0 bridgehead atoms. The van der Waals surface area contributed by atoms with Gasteiger partial charge in [0.1, 0.15) is 0 Å². The number of aromatic nitrogens is 1. The normalized spacial score (nSPS) is 20.0. The quantitative estimate of drug-likeness (QED) is 0.554. The largest absolute Gasteiger partial charge is 0.339 e. The van der Waals surface area contributed by atoms with E-state index < -0.39 is 15.8 Å². The number of nitrogens with zero attached hydrogens (tertiary/aromatic N) is 3. The van der Waals surface area contributed by atoms with Crippen LogP contribution in [0.5, 0.6) is 0 Å². The van der Waals surface area contributed by atoms with Crippen LogP contribution in [0.25, 0.3) is 22.2 Å². The zero-order valence-electron chi connectivity index (χ0n) is 18.5. The van der Waals surface area contributed by atoms with Crippen molar-refractivity contribution in [2.24, 2.45) is 5.92 Å². The summed E-state index contributed by atoms with van der Waals surface area (Å²) >= 11 is 6.40. The molecule has 176 valence electrons. The van der Waals surface area contributed by atoms with Crippen LogP contribution in [0.2, 0.25) is 5.02 Å². The Bertz CT molecular complexity index is 1380. The molecule has 1 aromatic heterocycles. The Balaban J connectivity index is 1.38. The lowest BCUT2D eigenvalue weighted by atomic mass is 10.0. The predicted octanol–water partition coefficient (Wildman–Crippen LogP) is 3.27. The molecule has 1 atom stereocenters. The molecule has 0 N–H and O–H groups in total. The third-order valence-corrected chi connectivity index (χ3v) is 8.65. The zero-order valence-corrected chi connectivity index (χ0v) is 20.1. The van der Waals surface area contributed by atoms with Gasteiger partial charge in [-0.1, -0.05) is 48.0 Å². The molecule has 9 heteroatoms. The molecule has 34 heavy (non-hydrogen) atoms. The average Bonchev–Trinajstić information content (AvgIpc) is 3.22. The highest BCUT2D eigenvalue weighted by Gasteiger charge is 2.36. The molecule has 0 spiro atoms. The van der Waals surface area contributed by atoms with Gasteiger partial charge in [0.05, 0.1) is 34.2 Å². The van der Waals surface area contributed by atoms with Crippen LogP contribution >= 0.6 is 11.6 Å². The first-order valence-electron chi connectivity index (χ1n) is 11.3. The monoisotopic (exact) mass is 497 g/mol. The summed E-state index contributed by atoms with van der Waals surface area (Å²) < 4.78 is 23.5. The minimum absolute atomic E-state index is 0.0706. The van der Waals surface area contributed by atoms with Gasteiger partial charge in [0.15, 0.2) is 9.84 Å². The van der Waals surface area contributed by atoms with Gasteiger partial charge in [-0.2, -0.15) is 0 Å². The topological polar surface area (TPSA) is 87.7 Å². The van der Waals surface area contributed by atoms with Crippen molar-refractivity contribution in [3.63, 3.8) is 0 Å². The molecular formula is C25H24ClN3O4S. The Hall–Kier alpha value is -2.97. The number of halogens is 1. The van der Waals surface area contributed by atoms with Crippen molar-refractivity contribution in [1.82, 2.24) is 14.8 Å². The summed E-state index contributed by atoms with van der Waals surface area (Å²) in [5.74, 6) is -0.704. The van der Waals surface area contributed by atoms with Crippen LogP contribution in [0, 0.1) is 5.92 Å². The van der Waals surface area contributed by atoms with Crippen molar-refractivity contribution in [3.8, 4) is 11.3 Å². The van der Waals surface area contributed by atoms with Gasteiger partial charge >= 0.3 is 0 Å². The number of pyridine rings is 1. The number of para-hydroxylation sites is 1. The summed E-state index contributed by atoms with van der Waals surface area (Å²) in [7, 11) is -3.12. The summed E-state index contributed by atoms with van der Waals surface area (Å²) in [5, 5.41) is 1.32. The van der Waals surface area contributed by atoms with Crippen molar-refractivity contribution < 1.29 is 18.0 Å². The van der Waals surface area contributed by atoms with Crippen LogP contribution in [-0.4, -0.2) is 72.7 Å². The molecule has 3 heterocycles. The Morgan fingerprint density at radius 2 is 1.62 bits per heavy atom. The van der Waals surface area contributed by atoms with Gasteiger partial charge in [0.25, 0.3) is 5.91 Å². The Kier molecular flexibility index (Phi) is 6.04. The number of carbonyl (C=O) groups is 2. The Morgan fingerprint density at radius 1 is 0.941 bits per heavy atom. The molecule has 0 unspecified atom stereocenters. The van der Waals surface area contributed by atoms with E-state index in [9.17, 15) is 18.0 Å². The second-order valence-electron chi connectivity index (χ2n) is 8.77. The van der Waals surface area contributed by atoms with Crippen molar-refractivity contribution >= 4 is 44.2 Å². The molecule has 7 nitrogen and oxygen atoms in total. The van der Waals surface area contributed by atoms with E-state index in [-0.39, 0.29) is 23.3 Å². The van der Waals surface area contributed by atoms with Gasteiger partial charge in [-0.3, -0.25) is 9.59 Å². The molecule has 2 fully saturated rings. The minimum atomic E-state index is -3.12. The van der Waals surface area contributed by atoms with Crippen molar-refractivity contribution in [3.05, 3.63) is 65.2 Å². The number of piperazine rings is 1. The average molecular weight is 498 g/mol. The number of carbonyl (C=O) groups excluding carboxylic acids is 2. The number of hydrogen-bond donors (Lipinski definition) is 0. The SMILES string of the molecule is O=C(c1cc(-c2ccccc2Cl)nc2ccccc12)N1CCN(C(=O)[C@H]2CCS(=O)(=O)C2)CC1. The second kappa shape index (κ2) is 9.00. The van der Waals surface area contributed by atoms with E-state index in [1.54, 1.807) is 21.9 Å². The lowest BCUT2D eigenvalue weighted by Gasteiger charge is -2.36. The fraction of sp³-hybridized carbons (Fsp3) is 0.320. The van der Waals surface area contributed by atoms with Crippen LogP contribution in [0.4, 0.5) is 0 Å².